The van der Waals surface area contributed by atoms with Gasteiger partial charge in [0.15, 0.2) is 0 Å². The molecular weight excluding hydrogens is 613 g/mol. The van der Waals surface area contributed by atoms with E-state index in [9.17, 15) is 0 Å². The van der Waals surface area contributed by atoms with Gasteiger partial charge in [-0.15, -0.1) is 0 Å². The number of hydrogen-bond acceptors (Lipinski definition) is 2. The Bertz CT molecular complexity index is 2080. The molecule has 0 spiro atoms. The Balaban J connectivity index is 1.34. The summed E-state index contributed by atoms with van der Waals surface area (Å²) >= 11 is 0. The normalized spacial score (nSPS) is 15.5. The lowest BCUT2D eigenvalue weighted by Crippen LogP contribution is -2.32. The number of benzene rings is 6. The molecule has 2 amide bonds. The SMILES string of the molecule is CC(c1ccccc1)N1C(=O)C2=C(c3ccc(-c4ccccc4)cc3)N(C(C)c3ccccc3)C(=O)C2=C1c1ccc(-c2ccccc2)cc1. The van der Waals surface area contributed by atoms with Crippen molar-refractivity contribution in [2.24, 2.45) is 0 Å². The van der Waals surface area contributed by atoms with E-state index in [4.69, 9.17) is 0 Å². The lowest BCUT2D eigenvalue weighted by Gasteiger charge is -2.32. The third-order valence-corrected chi connectivity index (χ3v) is 9.94. The van der Waals surface area contributed by atoms with Gasteiger partial charge in [-0.2, -0.15) is 0 Å². The van der Waals surface area contributed by atoms with E-state index >= 15 is 9.59 Å². The third kappa shape index (κ3) is 5.36. The molecule has 0 saturated carbocycles. The van der Waals surface area contributed by atoms with Crippen molar-refractivity contribution in [2.75, 3.05) is 0 Å². The molecule has 8 rings (SSSR count). The van der Waals surface area contributed by atoms with Gasteiger partial charge < -0.3 is 0 Å². The van der Waals surface area contributed by atoms with Gasteiger partial charge in [-0.3, -0.25) is 19.4 Å². The quantitative estimate of drug-likeness (QED) is 0.165. The number of hydrogen-bond donors (Lipinski definition) is 0. The van der Waals surface area contributed by atoms with Crippen LogP contribution in [-0.2, 0) is 9.59 Å². The van der Waals surface area contributed by atoms with Crippen LogP contribution < -0.4 is 0 Å². The minimum Gasteiger partial charge on any atom is -0.300 e. The predicted octanol–water partition coefficient (Wildman–Crippen LogP) is 10.3. The van der Waals surface area contributed by atoms with Crippen molar-refractivity contribution >= 4 is 23.2 Å². The van der Waals surface area contributed by atoms with Gasteiger partial charge in [0.25, 0.3) is 11.8 Å². The van der Waals surface area contributed by atoms with Crippen LogP contribution in [0.3, 0.4) is 0 Å². The van der Waals surface area contributed by atoms with Gasteiger partial charge >= 0.3 is 0 Å². The predicted molar refractivity (Wildman–Crippen MR) is 201 cm³/mol. The van der Waals surface area contributed by atoms with E-state index in [1.165, 1.54) is 0 Å². The highest BCUT2D eigenvalue weighted by atomic mass is 16.2. The molecule has 50 heavy (non-hydrogen) atoms. The standard InChI is InChI=1S/C46H36N2O2/c1-31(33-15-7-3-8-16-33)47-43(39-27-23-37(24-28-39)35-19-11-5-12-20-35)41-42(45(47)49)44(48(46(41)50)32(2)34-17-9-4-10-18-34)40-29-25-38(26-30-40)36-21-13-6-14-22-36/h3-32H,1-2H3. The van der Waals surface area contributed by atoms with Crippen LogP contribution >= 0.6 is 0 Å². The van der Waals surface area contributed by atoms with Gasteiger partial charge in [0.2, 0.25) is 0 Å². The Morgan fingerprint density at radius 1 is 0.340 bits per heavy atom. The number of fused-ring (bicyclic) bond motifs is 1. The molecule has 0 saturated heterocycles. The van der Waals surface area contributed by atoms with Crippen LogP contribution in [0.5, 0.6) is 0 Å². The minimum absolute atomic E-state index is 0.170. The van der Waals surface area contributed by atoms with Crippen molar-refractivity contribution in [1.82, 2.24) is 9.80 Å². The zero-order valence-electron chi connectivity index (χ0n) is 28.0. The highest BCUT2D eigenvalue weighted by Gasteiger charge is 2.51. The number of nitrogens with zero attached hydrogens (tertiary/aromatic N) is 2. The van der Waals surface area contributed by atoms with Gasteiger partial charge in [-0.05, 0) is 58.4 Å². The van der Waals surface area contributed by atoms with Crippen molar-refractivity contribution < 1.29 is 9.59 Å². The van der Waals surface area contributed by atoms with Crippen molar-refractivity contribution in [3.05, 3.63) is 203 Å². The molecule has 2 atom stereocenters. The Hall–Kier alpha value is -6.26. The molecule has 4 heteroatoms. The number of rotatable bonds is 8. The highest BCUT2D eigenvalue weighted by Crippen LogP contribution is 2.51. The van der Waals surface area contributed by atoms with Crippen LogP contribution in [0.25, 0.3) is 33.6 Å². The molecular formula is C46H36N2O2. The molecule has 0 N–H and O–H groups in total. The molecule has 4 nitrogen and oxygen atoms in total. The minimum atomic E-state index is -0.312. The first-order chi connectivity index (χ1) is 24.5. The van der Waals surface area contributed by atoms with Gasteiger partial charge in [0.05, 0.1) is 34.6 Å². The fourth-order valence-corrected chi connectivity index (χ4v) is 7.31. The summed E-state index contributed by atoms with van der Waals surface area (Å²) in [5, 5.41) is 0. The van der Waals surface area contributed by atoms with Crippen LogP contribution in [0.15, 0.2) is 181 Å². The molecule has 2 aliphatic heterocycles. The largest absolute Gasteiger partial charge is 0.300 e. The molecule has 0 bridgehead atoms. The summed E-state index contributed by atoms with van der Waals surface area (Å²) in [7, 11) is 0. The summed E-state index contributed by atoms with van der Waals surface area (Å²) in [6, 6.07) is 56.3. The molecule has 6 aromatic carbocycles. The van der Waals surface area contributed by atoms with Crippen molar-refractivity contribution in [1.29, 1.82) is 0 Å². The average molecular weight is 649 g/mol. The van der Waals surface area contributed by atoms with Gasteiger partial charge in [0, 0.05) is 0 Å². The molecule has 6 aromatic rings. The molecule has 0 aliphatic carbocycles. The molecule has 2 unspecified atom stereocenters. The Morgan fingerprint density at radius 2 is 0.600 bits per heavy atom. The van der Waals surface area contributed by atoms with E-state index in [0.29, 0.717) is 22.5 Å². The first-order valence-corrected chi connectivity index (χ1v) is 17.1. The first kappa shape index (κ1) is 31.0. The van der Waals surface area contributed by atoms with Crippen LogP contribution in [0.4, 0.5) is 0 Å². The van der Waals surface area contributed by atoms with Crippen LogP contribution in [0, 0.1) is 0 Å². The number of amides is 2. The van der Waals surface area contributed by atoms with E-state index in [2.05, 4.69) is 48.5 Å². The monoisotopic (exact) mass is 648 g/mol. The van der Waals surface area contributed by atoms with E-state index in [-0.39, 0.29) is 23.9 Å². The maximum Gasteiger partial charge on any atom is 0.261 e. The molecule has 0 radical (unpaired) electrons. The number of carbonyl (C=O) groups is 2. The molecule has 2 aliphatic rings. The Kier molecular flexibility index (Phi) is 8.06. The number of carbonyl (C=O) groups excluding carboxylic acids is 2. The second-order valence-corrected chi connectivity index (χ2v) is 12.9. The Morgan fingerprint density at radius 3 is 0.920 bits per heavy atom. The topological polar surface area (TPSA) is 40.6 Å². The average Bonchev–Trinajstić information content (AvgIpc) is 3.66. The summed E-state index contributed by atoms with van der Waals surface area (Å²) in [5.74, 6) is -0.339. The maximum atomic E-state index is 15.0. The smallest absolute Gasteiger partial charge is 0.261 e. The lowest BCUT2D eigenvalue weighted by molar-refractivity contribution is -0.125. The Labute approximate surface area is 293 Å². The van der Waals surface area contributed by atoms with Gasteiger partial charge in [-0.1, -0.05) is 170 Å². The van der Waals surface area contributed by atoms with Crippen molar-refractivity contribution in [2.45, 2.75) is 25.9 Å². The van der Waals surface area contributed by atoms with E-state index in [0.717, 1.165) is 44.5 Å². The first-order valence-electron chi connectivity index (χ1n) is 17.1. The van der Waals surface area contributed by atoms with E-state index < -0.39 is 0 Å². The molecule has 242 valence electrons. The van der Waals surface area contributed by atoms with Crippen LogP contribution in [-0.4, -0.2) is 21.6 Å². The molecule has 2 heterocycles. The summed E-state index contributed by atoms with van der Waals surface area (Å²) in [5.41, 5.74) is 10.2. The zero-order valence-corrected chi connectivity index (χ0v) is 28.0. The van der Waals surface area contributed by atoms with Gasteiger partial charge in [-0.25, -0.2) is 0 Å². The fraction of sp³-hybridized carbons (Fsp3) is 0.0870. The molecule has 0 fully saturated rings. The second-order valence-electron chi connectivity index (χ2n) is 12.9. The lowest BCUT2D eigenvalue weighted by atomic mass is 9.98. The fourth-order valence-electron chi connectivity index (χ4n) is 7.31. The van der Waals surface area contributed by atoms with Gasteiger partial charge in [0.1, 0.15) is 0 Å². The summed E-state index contributed by atoms with van der Waals surface area (Å²) in [4.78, 5) is 33.8. The van der Waals surface area contributed by atoms with Crippen molar-refractivity contribution in [3.8, 4) is 22.3 Å². The van der Waals surface area contributed by atoms with E-state index in [1.807, 2.05) is 145 Å². The molecule has 0 aromatic heterocycles. The highest BCUT2D eigenvalue weighted by molar-refractivity contribution is 6.30. The zero-order chi connectivity index (χ0) is 34.2. The van der Waals surface area contributed by atoms with Crippen molar-refractivity contribution in [3.63, 3.8) is 0 Å². The summed E-state index contributed by atoms with van der Waals surface area (Å²) in [6.45, 7) is 4.08. The second kappa shape index (κ2) is 13.0. The summed E-state index contributed by atoms with van der Waals surface area (Å²) < 4.78 is 0. The summed E-state index contributed by atoms with van der Waals surface area (Å²) in [6.07, 6.45) is 0. The van der Waals surface area contributed by atoms with E-state index in [1.54, 1.807) is 0 Å². The third-order valence-electron chi connectivity index (χ3n) is 9.94. The maximum absolute atomic E-state index is 15.0. The van der Waals surface area contributed by atoms with Crippen LogP contribution in [0.2, 0.25) is 0 Å². The van der Waals surface area contributed by atoms with Crippen LogP contribution in [0.1, 0.15) is 48.2 Å².